The number of benzene rings is 1. The molecule has 10 heteroatoms. The highest BCUT2D eigenvalue weighted by atomic mass is 35.5. The average molecular weight is 526 g/mol. The zero-order valence-corrected chi connectivity index (χ0v) is 21.4. The molecular weight excluding hydrogens is 495 g/mol. The maximum atomic E-state index is 13.6. The molecule has 4 rings (SSSR count). The molecule has 2 heterocycles. The predicted octanol–water partition coefficient (Wildman–Crippen LogP) is 6.72. The van der Waals surface area contributed by atoms with Crippen LogP contribution in [0.1, 0.15) is 69.5 Å². The van der Waals surface area contributed by atoms with Crippen LogP contribution in [0.15, 0.2) is 30.3 Å². The molecule has 1 aromatic heterocycles. The zero-order valence-electron chi connectivity index (χ0n) is 19.8. The average Bonchev–Trinajstić information content (AvgIpc) is 2.83. The first kappa shape index (κ1) is 25.9. The highest BCUT2D eigenvalue weighted by Crippen LogP contribution is 2.40. The minimum Gasteiger partial charge on any atom is -0.361 e. The van der Waals surface area contributed by atoms with E-state index in [1.54, 1.807) is 0 Å². The lowest BCUT2D eigenvalue weighted by atomic mass is 9.69. The van der Waals surface area contributed by atoms with Gasteiger partial charge in [-0.1, -0.05) is 43.0 Å². The highest BCUT2D eigenvalue weighted by molar-refractivity contribution is 7.80. The van der Waals surface area contributed by atoms with Gasteiger partial charge >= 0.3 is 6.18 Å². The SMILES string of the molecule is C[C@H]1CCCCN1c1cc(C(F)(F)F)nc(NC(=S)NCC2(c3cccc(Cl)c3)CCCCC2)n1. The molecule has 1 aromatic carbocycles. The zero-order chi connectivity index (χ0) is 25.1. The summed E-state index contributed by atoms with van der Waals surface area (Å²) in [6.45, 7) is 3.22. The number of hydrogen-bond acceptors (Lipinski definition) is 4. The third-order valence-corrected chi connectivity index (χ3v) is 7.64. The van der Waals surface area contributed by atoms with Crippen LogP contribution in [0.2, 0.25) is 5.02 Å². The number of alkyl halides is 3. The summed E-state index contributed by atoms with van der Waals surface area (Å²) < 4.78 is 40.8. The smallest absolute Gasteiger partial charge is 0.361 e. The summed E-state index contributed by atoms with van der Waals surface area (Å²) in [7, 11) is 0. The van der Waals surface area contributed by atoms with E-state index >= 15 is 0 Å². The van der Waals surface area contributed by atoms with Crippen LogP contribution in [0, 0.1) is 0 Å². The van der Waals surface area contributed by atoms with E-state index in [2.05, 4.69) is 26.7 Å². The number of piperidine rings is 1. The van der Waals surface area contributed by atoms with Crippen molar-refractivity contribution in [3.05, 3.63) is 46.6 Å². The molecule has 1 saturated heterocycles. The third-order valence-electron chi connectivity index (χ3n) is 7.16. The predicted molar refractivity (Wildman–Crippen MR) is 138 cm³/mol. The standard InChI is InChI=1S/C25H31ClF3N5S/c1-17-8-3-6-13-34(17)21-15-20(25(27,28)29)31-22(32-21)33-23(35)30-16-24(11-4-2-5-12-24)18-9-7-10-19(26)14-18/h7,9-10,14-15,17H,2-6,8,11-13,16H2,1H3,(H2,30,31,32,33,35)/t17-/m0/s1. The molecular formula is C25H31ClF3N5S. The van der Waals surface area contributed by atoms with Crippen LogP contribution >= 0.6 is 23.8 Å². The molecule has 1 aliphatic carbocycles. The Balaban J connectivity index is 1.52. The van der Waals surface area contributed by atoms with Crippen molar-refractivity contribution in [1.82, 2.24) is 15.3 Å². The van der Waals surface area contributed by atoms with Gasteiger partial charge in [0, 0.05) is 35.6 Å². The first-order valence-electron chi connectivity index (χ1n) is 12.2. The number of aromatic nitrogens is 2. The summed E-state index contributed by atoms with van der Waals surface area (Å²) >= 11 is 11.7. The Bertz CT molecular complexity index is 1040. The molecule has 2 N–H and O–H groups in total. The van der Waals surface area contributed by atoms with Gasteiger partial charge in [-0.05, 0) is 68.9 Å². The normalized spacial score (nSPS) is 20.4. The Hall–Kier alpha value is -2.13. The van der Waals surface area contributed by atoms with Crippen LogP contribution in [-0.2, 0) is 11.6 Å². The molecule has 0 radical (unpaired) electrons. The summed E-state index contributed by atoms with van der Waals surface area (Å²) in [5.74, 6) is 0.123. The fraction of sp³-hybridized carbons (Fsp3) is 0.560. The van der Waals surface area contributed by atoms with Gasteiger partial charge in [0.1, 0.15) is 5.82 Å². The molecule has 190 valence electrons. The van der Waals surface area contributed by atoms with Crippen LogP contribution in [0.5, 0.6) is 0 Å². The van der Waals surface area contributed by atoms with Gasteiger partial charge in [0.05, 0.1) is 0 Å². The van der Waals surface area contributed by atoms with Gasteiger partial charge in [0.15, 0.2) is 10.8 Å². The van der Waals surface area contributed by atoms with Crippen LogP contribution < -0.4 is 15.5 Å². The van der Waals surface area contributed by atoms with Gasteiger partial charge in [0.2, 0.25) is 5.95 Å². The second kappa shape index (κ2) is 10.9. The molecule has 1 atom stereocenters. The fourth-order valence-corrected chi connectivity index (χ4v) is 5.58. The number of halogens is 4. The van der Waals surface area contributed by atoms with Crippen molar-refractivity contribution in [3.63, 3.8) is 0 Å². The molecule has 0 bridgehead atoms. The molecule has 1 saturated carbocycles. The molecule has 2 fully saturated rings. The van der Waals surface area contributed by atoms with Crippen molar-refractivity contribution in [2.45, 2.75) is 75.9 Å². The van der Waals surface area contributed by atoms with Gasteiger partial charge in [-0.15, -0.1) is 0 Å². The number of nitrogens with zero attached hydrogens (tertiary/aromatic N) is 3. The monoisotopic (exact) mass is 525 g/mol. The number of rotatable bonds is 5. The van der Waals surface area contributed by atoms with Gasteiger partial charge in [-0.3, -0.25) is 0 Å². The van der Waals surface area contributed by atoms with Gasteiger partial charge in [-0.2, -0.15) is 18.2 Å². The van der Waals surface area contributed by atoms with Crippen molar-refractivity contribution >= 4 is 40.7 Å². The lowest BCUT2D eigenvalue weighted by molar-refractivity contribution is -0.141. The quantitative estimate of drug-likeness (QED) is 0.423. The van der Waals surface area contributed by atoms with Crippen molar-refractivity contribution < 1.29 is 13.2 Å². The van der Waals surface area contributed by atoms with Crippen LogP contribution in [0.25, 0.3) is 0 Å². The Morgan fingerprint density at radius 1 is 1.14 bits per heavy atom. The molecule has 0 spiro atoms. The molecule has 2 aromatic rings. The van der Waals surface area contributed by atoms with E-state index in [0.29, 0.717) is 18.1 Å². The van der Waals surface area contributed by atoms with Crippen LogP contribution in [0.4, 0.5) is 24.9 Å². The van der Waals surface area contributed by atoms with Gasteiger partial charge < -0.3 is 15.5 Å². The van der Waals surface area contributed by atoms with Gasteiger partial charge in [-0.25, -0.2) is 4.98 Å². The molecule has 1 aliphatic heterocycles. The molecule has 5 nitrogen and oxygen atoms in total. The van der Waals surface area contributed by atoms with Crippen molar-refractivity contribution in [3.8, 4) is 0 Å². The summed E-state index contributed by atoms with van der Waals surface area (Å²) in [6.07, 6.45) is 3.67. The minimum absolute atomic E-state index is 0.113. The van der Waals surface area contributed by atoms with Gasteiger partial charge in [0.25, 0.3) is 0 Å². The lowest BCUT2D eigenvalue weighted by Crippen LogP contribution is -2.44. The molecule has 0 unspecified atom stereocenters. The van der Waals surface area contributed by atoms with E-state index in [4.69, 9.17) is 23.8 Å². The van der Waals surface area contributed by atoms with Crippen molar-refractivity contribution in [2.75, 3.05) is 23.3 Å². The third kappa shape index (κ3) is 6.36. The summed E-state index contributed by atoms with van der Waals surface area (Å²) in [4.78, 5) is 10.0. The fourth-order valence-electron chi connectivity index (χ4n) is 5.23. The lowest BCUT2D eigenvalue weighted by Gasteiger charge is -2.38. The second-order valence-electron chi connectivity index (χ2n) is 9.63. The number of anilines is 2. The van der Waals surface area contributed by atoms with Crippen LogP contribution in [0.3, 0.4) is 0 Å². The first-order chi connectivity index (χ1) is 16.7. The summed E-state index contributed by atoms with van der Waals surface area (Å²) in [6, 6.07) is 9.02. The van der Waals surface area contributed by atoms with E-state index < -0.39 is 11.9 Å². The minimum atomic E-state index is -4.58. The maximum absolute atomic E-state index is 13.6. The molecule has 0 amide bonds. The second-order valence-corrected chi connectivity index (χ2v) is 10.5. The van der Waals surface area contributed by atoms with Crippen molar-refractivity contribution in [1.29, 1.82) is 0 Å². The number of thiocarbonyl (C=S) groups is 1. The number of nitrogens with one attached hydrogen (secondary N) is 2. The highest BCUT2D eigenvalue weighted by Gasteiger charge is 2.36. The van der Waals surface area contributed by atoms with E-state index in [-0.39, 0.29) is 28.3 Å². The number of hydrogen-bond donors (Lipinski definition) is 2. The van der Waals surface area contributed by atoms with E-state index in [1.165, 1.54) is 6.42 Å². The van der Waals surface area contributed by atoms with E-state index in [0.717, 1.165) is 56.6 Å². The Labute approximate surface area is 214 Å². The summed E-state index contributed by atoms with van der Waals surface area (Å²) in [5, 5.41) is 6.93. The largest absolute Gasteiger partial charge is 0.433 e. The Kier molecular flexibility index (Phi) is 8.06. The topological polar surface area (TPSA) is 53.1 Å². The maximum Gasteiger partial charge on any atom is 0.433 e. The van der Waals surface area contributed by atoms with E-state index in [9.17, 15) is 13.2 Å². The van der Waals surface area contributed by atoms with Crippen LogP contribution in [-0.4, -0.2) is 34.2 Å². The van der Waals surface area contributed by atoms with E-state index in [1.807, 2.05) is 30.0 Å². The molecule has 35 heavy (non-hydrogen) atoms. The van der Waals surface area contributed by atoms with Crippen molar-refractivity contribution in [2.24, 2.45) is 0 Å². The Morgan fingerprint density at radius 2 is 1.91 bits per heavy atom. The molecule has 2 aliphatic rings. The Morgan fingerprint density at radius 3 is 2.60 bits per heavy atom. The summed E-state index contributed by atoms with van der Waals surface area (Å²) in [5.41, 5.74) is 0.0303. The first-order valence-corrected chi connectivity index (χ1v) is 13.0.